The van der Waals surface area contributed by atoms with E-state index in [-0.39, 0.29) is 5.92 Å². The number of pyridine rings is 1. The lowest BCUT2D eigenvalue weighted by Gasteiger charge is -2.37. The minimum absolute atomic E-state index is 0.277. The van der Waals surface area contributed by atoms with Crippen molar-refractivity contribution >= 4 is 10.9 Å². The molecule has 3 nitrogen and oxygen atoms in total. The Morgan fingerprint density at radius 1 is 0.969 bits per heavy atom. The summed E-state index contributed by atoms with van der Waals surface area (Å²) in [6.07, 6.45) is 3.06. The van der Waals surface area contributed by atoms with Gasteiger partial charge in [0.2, 0.25) is 5.88 Å². The van der Waals surface area contributed by atoms with Crippen LogP contribution in [0, 0.1) is 0 Å². The molecule has 4 aromatic rings. The molecule has 1 aromatic heterocycles. The van der Waals surface area contributed by atoms with E-state index >= 15 is 0 Å². The van der Waals surface area contributed by atoms with E-state index in [1.54, 1.807) is 13.2 Å². The van der Waals surface area contributed by atoms with Gasteiger partial charge in [0, 0.05) is 16.9 Å². The topological polar surface area (TPSA) is 42.4 Å². The molecule has 3 aromatic carbocycles. The lowest BCUT2D eigenvalue weighted by molar-refractivity contribution is 0.0222. The Morgan fingerprint density at radius 3 is 2.28 bits per heavy atom. The number of aromatic nitrogens is 1. The third-order valence-corrected chi connectivity index (χ3v) is 6.13. The summed E-state index contributed by atoms with van der Waals surface area (Å²) < 4.78 is 5.47. The first-order chi connectivity index (χ1) is 15.6. The van der Waals surface area contributed by atoms with Crippen LogP contribution in [0.2, 0.25) is 0 Å². The molecular weight excluding hydrogens is 394 g/mol. The summed E-state index contributed by atoms with van der Waals surface area (Å²) in [6.45, 7) is 6.05. The number of hydrogen-bond donors (Lipinski definition) is 1. The van der Waals surface area contributed by atoms with Gasteiger partial charge in [0.15, 0.2) is 0 Å². The Kier molecular flexibility index (Phi) is 6.38. The monoisotopic (exact) mass is 423 g/mol. The van der Waals surface area contributed by atoms with E-state index in [0.717, 1.165) is 39.6 Å². The van der Waals surface area contributed by atoms with Gasteiger partial charge in [-0.3, -0.25) is 0 Å². The van der Waals surface area contributed by atoms with E-state index in [4.69, 9.17) is 9.72 Å². The summed E-state index contributed by atoms with van der Waals surface area (Å²) in [6, 6.07) is 28.4. The van der Waals surface area contributed by atoms with E-state index in [9.17, 15) is 5.11 Å². The van der Waals surface area contributed by atoms with Gasteiger partial charge in [-0.1, -0.05) is 79.7 Å². The molecule has 162 valence electrons. The van der Waals surface area contributed by atoms with Crippen LogP contribution < -0.4 is 4.74 Å². The molecule has 1 N–H and O–H groups in total. The van der Waals surface area contributed by atoms with Crippen LogP contribution in [0.3, 0.4) is 0 Å². The molecule has 0 aliphatic rings. The molecule has 32 heavy (non-hydrogen) atoms. The number of methoxy groups -OCH3 is 1. The number of hydrogen-bond acceptors (Lipinski definition) is 3. The Balaban J connectivity index is 1.95. The molecule has 0 fully saturated rings. The Bertz CT molecular complexity index is 1200. The van der Waals surface area contributed by atoms with Gasteiger partial charge in [0.05, 0.1) is 12.6 Å². The molecule has 0 radical (unpaired) electrons. The SMILES string of the molecule is C=CCC(O)(c1ccccc1)C(c1ccccc1)c1ccc2nc(OC)c(CC)cc2c1. The fourth-order valence-corrected chi connectivity index (χ4v) is 4.57. The molecule has 2 unspecified atom stereocenters. The smallest absolute Gasteiger partial charge is 0.216 e. The van der Waals surface area contributed by atoms with Crippen molar-refractivity contribution in [2.75, 3.05) is 7.11 Å². The average molecular weight is 424 g/mol. The van der Waals surface area contributed by atoms with Gasteiger partial charge < -0.3 is 9.84 Å². The first-order valence-corrected chi connectivity index (χ1v) is 11.0. The Hall–Kier alpha value is -3.43. The van der Waals surface area contributed by atoms with Crippen molar-refractivity contribution in [3.63, 3.8) is 0 Å². The second-order valence-electron chi connectivity index (χ2n) is 8.09. The van der Waals surface area contributed by atoms with Crippen LogP contribution in [0.25, 0.3) is 10.9 Å². The Labute approximate surface area is 190 Å². The third-order valence-electron chi connectivity index (χ3n) is 6.13. The van der Waals surface area contributed by atoms with Crippen LogP contribution in [0.15, 0.2) is 97.6 Å². The predicted molar refractivity (Wildman–Crippen MR) is 131 cm³/mol. The molecule has 4 rings (SSSR count). The number of benzene rings is 3. The van der Waals surface area contributed by atoms with Gasteiger partial charge >= 0.3 is 0 Å². The molecular formula is C29H29NO2. The van der Waals surface area contributed by atoms with Crippen molar-refractivity contribution in [2.45, 2.75) is 31.3 Å². The molecule has 3 heteroatoms. The zero-order valence-corrected chi connectivity index (χ0v) is 18.7. The van der Waals surface area contributed by atoms with Gasteiger partial charge in [-0.25, -0.2) is 4.98 Å². The number of rotatable bonds is 8. The fraction of sp³-hybridized carbons (Fsp3) is 0.207. The first kappa shape index (κ1) is 21.8. The molecule has 1 heterocycles. The van der Waals surface area contributed by atoms with Crippen LogP contribution in [-0.2, 0) is 12.0 Å². The van der Waals surface area contributed by atoms with E-state index in [2.05, 4.69) is 43.8 Å². The van der Waals surface area contributed by atoms with Crippen LogP contribution in [0.4, 0.5) is 0 Å². The van der Waals surface area contributed by atoms with E-state index in [0.29, 0.717) is 12.3 Å². The van der Waals surface area contributed by atoms with E-state index in [1.807, 2.05) is 54.6 Å². The average Bonchev–Trinajstić information content (AvgIpc) is 2.84. The van der Waals surface area contributed by atoms with E-state index in [1.165, 1.54) is 0 Å². The molecule has 0 bridgehead atoms. The largest absolute Gasteiger partial charge is 0.481 e. The second kappa shape index (κ2) is 9.37. The Morgan fingerprint density at radius 2 is 1.66 bits per heavy atom. The zero-order chi connectivity index (χ0) is 22.6. The van der Waals surface area contributed by atoms with Gasteiger partial charge in [0.25, 0.3) is 0 Å². The third kappa shape index (κ3) is 4.04. The van der Waals surface area contributed by atoms with Crippen molar-refractivity contribution in [3.05, 3.63) is 120 Å². The minimum atomic E-state index is -1.15. The highest BCUT2D eigenvalue weighted by molar-refractivity contribution is 5.81. The highest BCUT2D eigenvalue weighted by Crippen LogP contribution is 2.45. The first-order valence-electron chi connectivity index (χ1n) is 11.0. The number of aryl methyl sites for hydroxylation is 1. The fourth-order valence-electron chi connectivity index (χ4n) is 4.57. The highest BCUT2D eigenvalue weighted by Gasteiger charge is 2.39. The minimum Gasteiger partial charge on any atom is -0.481 e. The maximum atomic E-state index is 12.2. The standard InChI is InChI=1S/C29H29NO2/c1-4-18-29(31,25-14-10-7-11-15-25)27(22-12-8-6-9-13-22)23-16-17-26-24(20-23)19-21(5-2)28(30-26)32-3/h4,6-17,19-20,27,31H,1,5,18H2,2-3H3. The van der Waals surface area contributed by atoms with Gasteiger partial charge in [0.1, 0.15) is 5.60 Å². The van der Waals surface area contributed by atoms with Crippen LogP contribution in [0.5, 0.6) is 5.88 Å². The lowest BCUT2D eigenvalue weighted by Crippen LogP contribution is -2.34. The van der Waals surface area contributed by atoms with Crippen LogP contribution in [-0.4, -0.2) is 17.2 Å². The normalized spacial score (nSPS) is 14.0. The van der Waals surface area contributed by atoms with Gasteiger partial charge in [-0.15, -0.1) is 6.58 Å². The summed E-state index contributed by atoms with van der Waals surface area (Å²) in [7, 11) is 1.66. The van der Waals surface area contributed by atoms with E-state index < -0.39 is 5.60 Å². The summed E-state index contributed by atoms with van der Waals surface area (Å²) in [4.78, 5) is 4.69. The number of ether oxygens (including phenoxy) is 1. The van der Waals surface area contributed by atoms with Crippen molar-refractivity contribution in [3.8, 4) is 5.88 Å². The summed E-state index contributed by atoms with van der Waals surface area (Å²) in [5.74, 6) is 0.389. The summed E-state index contributed by atoms with van der Waals surface area (Å²) in [5, 5.41) is 13.2. The van der Waals surface area contributed by atoms with Crippen molar-refractivity contribution in [2.24, 2.45) is 0 Å². The molecule has 0 saturated carbocycles. The number of nitrogens with zero attached hydrogens (tertiary/aromatic N) is 1. The lowest BCUT2D eigenvalue weighted by atomic mass is 9.71. The maximum absolute atomic E-state index is 12.2. The van der Waals surface area contributed by atoms with Gasteiger partial charge in [-0.05, 0) is 47.7 Å². The van der Waals surface area contributed by atoms with Crippen molar-refractivity contribution < 1.29 is 9.84 Å². The van der Waals surface area contributed by atoms with Crippen molar-refractivity contribution in [1.82, 2.24) is 4.98 Å². The highest BCUT2D eigenvalue weighted by atomic mass is 16.5. The molecule has 0 amide bonds. The van der Waals surface area contributed by atoms with Gasteiger partial charge in [-0.2, -0.15) is 0 Å². The quantitative estimate of drug-likeness (QED) is 0.333. The molecule has 2 atom stereocenters. The molecule has 0 saturated heterocycles. The maximum Gasteiger partial charge on any atom is 0.216 e. The number of aliphatic hydroxyl groups is 1. The zero-order valence-electron chi connectivity index (χ0n) is 18.7. The number of fused-ring (bicyclic) bond motifs is 1. The molecule has 0 spiro atoms. The predicted octanol–water partition coefficient (Wildman–Crippen LogP) is 6.40. The van der Waals surface area contributed by atoms with Crippen molar-refractivity contribution in [1.29, 1.82) is 0 Å². The summed E-state index contributed by atoms with van der Waals surface area (Å²) >= 11 is 0. The molecule has 0 aliphatic heterocycles. The summed E-state index contributed by atoms with van der Waals surface area (Å²) in [5.41, 5.74) is 3.75. The molecule has 0 aliphatic carbocycles. The second-order valence-corrected chi connectivity index (χ2v) is 8.09. The van der Waals surface area contributed by atoms with Crippen LogP contribution in [0.1, 0.15) is 41.5 Å². The van der Waals surface area contributed by atoms with Crippen LogP contribution >= 0.6 is 0 Å².